The van der Waals surface area contributed by atoms with E-state index in [1.54, 1.807) is 0 Å². The highest BCUT2D eigenvalue weighted by Gasteiger charge is 2.38. The fraction of sp³-hybridized carbons (Fsp3) is 0.520. The van der Waals surface area contributed by atoms with Crippen LogP contribution in [0.15, 0.2) is 47.2 Å². The third-order valence-corrected chi connectivity index (χ3v) is 6.68. The van der Waals surface area contributed by atoms with Gasteiger partial charge in [-0.1, -0.05) is 50.5 Å². The second kappa shape index (κ2) is 9.08. The third kappa shape index (κ3) is 4.23. The van der Waals surface area contributed by atoms with Crippen LogP contribution in [0, 0.1) is 0 Å². The Balaban J connectivity index is 1.59. The number of allylic oxidation sites excluding steroid dienone is 3. The van der Waals surface area contributed by atoms with Gasteiger partial charge in [-0.25, -0.2) is 9.69 Å². The quantitative estimate of drug-likeness (QED) is 0.752. The lowest BCUT2D eigenvalue weighted by atomic mass is 9.91. The highest BCUT2D eigenvalue weighted by Crippen LogP contribution is 2.31. The van der Waals surface area contributed by atoms with Crippen LogP contribution in [0.3, 0.4) is 0 Å². The van der Waals surface area contributed by atoms with E-state index >= 15 is 0 Å². The molecule has 2 atom stereocenters. The van der Waals surface area contributed by atoms with Gasteiger partial charge >= 0.3 is 5.91 Å². The number of hydrogen-bond donors (Lipinski definition) is 2. The summed E-state index contributed by atoms with van der Waals surface area (Å²) >= 11 is 0. The second-order valence-corrected chi connectivity index (χ2v) is 8.65. The van der Waals surface area contributed by atoms with Gasteiger partial charge in [-0.2, -0.15) is 0 Å². The molecule has 2 aliphatic carbocycles. The number of carbonyl (C=O) groups is 2. The first-order valence-corrected chi connectivity index (χ1v) is 11.4. The molecule has 0 aromatic heterocycles. The molecule has 0 saturated heterocycles. The van der Waals surface area contributed by atoms with Crippen molar-refractivity contribution in [3.8, 4) is 0 Å². The van der Waals surface area contributed by atoms with Crippen molar-refractivity contribution in [1.82, 2.24) is 5.32 Å². The zero-order valence-electron chi connectivity index (χ0n) is 17.6. The summed E-state index contributed by atoms with van der Waals surface area (Å²) in [5, 5.41) is 3.17. The van der Waals surface area contributed by atoms with Crippen LogP contribution in [0.5, 0.6) is 0 Å². The minimum absolute atomic E-state index is 0.0131. The maximum atomic E-state index is 13.3. The molecule has 29 heavy (non-hydrogen) atoms. The maximum absolute atomic E-state index is 13.3. The summed E-state index contributed by atoms with van der Waals surface area (Å²) in [5.74, 6) is -0.221. The number of hydrogen-bond acceptors (Lipinski definition) is 2. The van der Waals surface area contributed by atoms with Gasteiger partial charge in [-0.3, -0.25) is 4.79 Å². The van der Waals surface area contributed by atoms with E-state index in [-0.39, 0.29) is 17.9 Å². The zero-order chi connectivity index (χ0) is 20.2. The van der Waals surface area contributed by atoms with E-state index < -0.39 is 0 Å². The third-order valence-electron chi connectivity index (χ3n) is 6.68. The largest absolute Gasteiger partial charge is 0.354 e. The van der Waals surface area contributed by atoms with Crippen molar-refractivity contribution in [2.45, 2.75) is 77.2 Å². The fourth-order valence-corrected chi connectivity index (χ4v) is 5.06. The molecule has 1 aromatic rings. The molecule has 4 nitrogen and oxygen atoms in total. The Hall–Kier alpha value is -2.20. The molecular weight excluding hydrogens is 360 g/mol. The Morgan fingerprint density at radius 1 is 1.10 bits per heavy atom. The van der Waals surface area contributed by atoms with E-state index in [9.17, 15) is 9.59 Å². The van der Waals surface area contributed by atoms with Crippen molar-refractivity contribution in [2.24, 2.45) is 0 Å². The Kier molecular flexibility index (Phi) is 6.29. The van der Waals surface area contributed by atoms with Crippen LogP contribution in [0.2, 0.25) is 0 Å². The number of benzene rings is 1. The number of aryl methyl sites for hydroxylation is 1. The van der Waals surface area contributed by atoms with Crippen molar-refractivity contribution in [3.63, 3.8) is 0 Å². The zero-order valence-corrected chi connectivity index (χ0v) is 17.6. The molecule has 4 rings (SSSR count). The van der Waals surface area contributed by atoms with Gasteiger partial charge < -0.3 is 5.32 Å². The van der Waals surface area contributed by atoms with Crippen LogP contribution in [-0.2, 0) is 16.0 Å². The summed E-state index contributed by atoms with van der Waals surface area (Å²) in [6, 6.07) is 8.32. The summed E-state index contributed by atoms with van der Waals surface area (Å²) in [4.78, 5) is 27.5. The van der Waals surface area contributed by atoms with Crippen molar-refractivity contribution >= 4 is 11.8 Å². The minimum Gasteiger partial charge on any atom is -0.345 e. The lowest BCUT2D eigenvalue weighted by Gasteiger charge is -2.28. The number of carbonyl (C=O) groups excluding carboxylic acids is 2. The van der Waals surface area contributed by atoms with Crippen LogP contribution in [0.25, 0.3) is 0 Å². The fourth-order valence-electron chi connectivity index (χ4n) is 5.06. The Bertz CT molecular complexity index is 852. The van der Waals surface area contributed by atoms with Crippen molar-refractivity contribution in [1.29, 1.82) is 0 Å². The molecule has 0 fully saturated rings. The average molecular weight is 394 g/mol. The highest BCUT2D eigenvalue weighted by atomic mass is 16.2. The summed E-state index contributed by atoms with van der Waals surface area (Å²) < 4.78 is 0. The second-order valence-electron chi connectivity index (χ2n) is 8.65. The van der Waals surface area contributed by atoms with E-state index in [1.807, 2.05) is 18.2 Å². The summed E-state index contributed by atoms with van der Waals surface area (Å²) in [6.07, 6.45) is 12.6. The highest BCUT2D eigenvalue weighted by molar-refractivity contribution is 6.16. The summed E-state index contributed by atoms with van der Waals surface area (Å²) in [7, 11) is 0. The average Bonchev–Trinajstić information content (AvgIpc) is 3.11. The molecule has 2 amide bonds. The Morgan fingerprint density at radius 2 is 1.90 bits per heavy atom. The van der Waals surface area contributed by atoms with E-state index in [0.717, 1.165) is 62.8 Å². The number of quaternary nitrogens is 1. The van der Waals surface area contributed by atoms with E-state index in [2.05, 4.69) is 24.4 Å². The van der Waals surface area contributed by atoms with Gasteiger partial charge in [0.2, 0.25) is 0 Å². The smallest absolute Gasteiger partial charge is 0.345 e. The first kappa shape index (κ1) is 20.1. The normalized spacial score (nSPS) is 24.3. The van der Waals surface area contributed by atoms with Gasteiger partial charge in [0.25, 0.3) is 5.91 Å². The predicted octanol–water partition coefficient (Wildman–Crippen LogP) is 3.55. The standard InChI is InChI=1S/C25H32N2O2/c1-2-3-16-27-23-13-7-5-4-6-11-19(23)17-21(25(27)29)24(28)26-22-15-14-18-10-8-9-12-20(18)22/h8-10,12,17,22H,2-7,11,13-16H2,1H3,(H,26,28)/p+1. The number of rotatable bonds is 5. The van der Waals surface area contributed by atoms with Crippen LogP contribution in [0.4, 0.5) is 0 Å². The molecule has 4 heteroatoms. The molecule has 2 unspecified atom stereocenters. The van der Waals surface area contributed by atoms with Crippen molar-refractivity contribution in [3.05, 3.63) is 58.3 Å². The molecule has 0 radical (unpaired) electrons. The number of amides is 2. The van der Waals surface area contributed by atoms with Gasteiger partial charge in [0.1, 0.15) is 11.3 Å². The number of fused-ring (bicyclic) bond motifs is 1. The summed E-state index contributed by atoms with van der Waals surface area (Å²) in [6.45, 7) is 2.95. The van der Waals surface area contributed by atoms with Crippen LogP contribution in [-0.4, -0.2) is 18.4 Å². The first-order chi connectivity index (χ1) is 14.2. The molecule has 2 N–H and O–H groups in total. The Labute approximate surface area is 174 Å². The summed E-state index contributed by atoms with van der Waals surface area (Å²) in [5.41, 5.74) is 5.37. The molecule has 1 aromatic carbocycles. The Morgan fingerprint density at radius 3 is 2.72 bits per heavy atom. The van der Waals surface area contributed by atoms with Crippen molar-refractivity contribution < 1.29 is 14.5 Å². The molecule has 0 spiro atoms. The topological polar surface area (TPSA) is 50.6 Å². The maximum Gasteiger partial charge on any atom is 0.354 e. The predicted molar refractivity (Wildman–Crippen MR) is 114 cm³/mol. The van der Waals surface area contributed by atoms with E-state index in [1.165, 1.54) is 35.2 Å². The van der Waals surface area contributed by atoms with Gasteiger partial charge in [0.15, 0.2) is 0 Å². The van der Waals surface area contributed by atoms with Crippen molar-refractivity contribution in [2.75, 3.05) is 6.54 Å². The van der Waals surface area contributed by atoms with Gasteiger partial charge in [0.05, 0.1) is 12.6 Å². The molecular formula is C25H33N2O2+. The van der Waals surface area contributed by atoms with Crippen LogP contribution >= 0.6 is 0 Å². The van der Waals surface area contributed by atoms with Gasteiger partial charge in [-0.15, -0.1) is 0 Å². The minimum atomic E-state index is -0.195. The van der Waals surface area contributed by atoms with Gasteiger partial charge in [0, 0.05) is 12.0 Å². The lowest BCUT2D eigenvalue weighted by Crippen LogP contribution is -3.14. The van der Waals surface area contributed by atoms with E-state index in [4.69, 9.17) is 0 Å². The molecule has 0 saturated carbocycles. The first-order valence-electron chi connectivity index (χ1n) is 11.4. The lowest BCUT2D eigenvalue weighted by molar-refractivity contribution is -0.779. The molecule has 3 aliphatic rings. The van der Waals surface area contributed by atoms with Crippen LogP contribution in [0.1, 0.15) is 81.9 Å². The molecule has 1 aliphatic heterocycles. The van der Waals surface area contributed by atoms with Gasteiger partial charge in [-0.05, 0) is 55.7 Å². The molecule has 0 bridgehead atoms. The SMILES string of the molecule is CCCC[NH+]1C(=O)C(C(=O)NC2CCc3ccccc32)=CC2=C1CCCCCC2. The van der Waals surface area contributed by atoms with E-state index in [0.29, 0.717) is 5.57 Å². The molecule has 1 heterocycles. The monoisotopic (exact) mass is 393 g/mol. The number of unbranched alkanes of at least 4 members (excludes halogenated alkanes) is 1. The number of nitrogens with one attached hydrogen (secondary N) is 2. The van der Waals surface area contributed by atoms with Crippen LogP contribution < -0.4 is 10.2 Å². The molecule has 154 valence electrons.